The maximum absolute atomic E-state index is 5.51. The van der Waals surface area contributed by atoms with Gasteiger partial charge in [-0.05, 0) is 35.5 Å². The van der Waals surface area contributed by atoms with Crippen molar-refractivity contribution in [1.82, 2.24) is 20.2 Å². The first kappa shape index (κ1) is 13.3. The molecule has 0 fully saturated rings. The molecule has 0 aliphatic heterocycles. The molecule has 2 aromatic rings. The summed E-state index contributed by atoms with van der Waals surface area (Å²) in [4.78, 5) is 0. The number of nitrogens with two attached hydrogens (primary N) is 1. The van der Waals surface area contributed by atoms with Gasteiger partial charge in [-0.25, -0.2) is 4.68 Å². The lowest BCUT2D eigenvalue weighted by molar-refractivity contribution is 0.355. The Hall–Kier alpha value is -2.15. The summed E-state index contributed by atoms with van der Waals surface area (Å²) in [6.07, 6.45) is 0.810. The fourth-order valence-corrected chi connectivity index (χ4v) is 1.85. The van der Waals surface area contributed by atoms with E-state index in [1.165, 1.54) is 0 Å². The molecule has 0 saturated carbocycles. The smallest absolute Gasteiger partial charge is 0.185 e. The molecule has 0 unspecified atom stereocenters. The molecule has 0 aliphatic rings. The van der Waals surface area contributed by atoms with Crippen molar-refractivity contribution < 1.29 is 9.47 Å². The molecule has 19 heavy (non-hydrogen) atoms. The average Bonchev–Trinajstić information content (AvgIpc) is 2.92. The predicted molar refractivity (Wildman–Crippen MR) is 70.0 cm³/mol. The normalized spacial score (nSPS) is 10.5. The fourth-order valence-electron chi connectivity index (χ4n) is 1.85. The lowest BCUT2D eigenvalue weighted by Gasteiger charge is -2.12. The number of nitrogens with zero attached hydrogens (tertiary/aromatic N) is 4. The van der Waals surface area contributed by atoms with E-state index in [4.69, 9.17) is 15.2 Å². The molecule has 7 nitrogen and oxygen atoms in total. The minimum atomic E-state index is 0.592. The second-order valence-electron chi connectivity index (χ2n) is 3.91. The molecule has 2 N–H and O–H groups in total. The second kappa shape index (κ2) is 6.14. The van der Waals surface area contributed by atoms with Gasteiger partial charge < -0.3 is 15.2 Å². The van der Waals surface area contributed by atoms with E-state index in [-0.39, 0.29) is 0 Å². The van der Waals surface area contributed by atoms with Crippen LogP contribution in [0, 0.1) is 0 Å². The third-order valence-corrected chi connectivity index (χ3v) is 2.75. The zero-order chi connectivity index (χ0) is 13.7. The van der Waals surface area contributed by atoms with E-state index in [0.717, 1.165) is 12.0 Å². The van der Waals surface area contributed by atoms with Gasteiger partial charge in [0, 0.05) is 6.54 Å². The summed E-state index contributed by atoms with van der Waals surface area (Å²) in [7, 11) is 3.19. The monoisotopic (exact) mass is 263 g/mol. The van der Waals surface area contributed by atoms with Crippen LogP contribution in [-0.2, 0) is 6.54 Å². The van der Waals surface area contributed by atoms with Crippen LogP contribution in [0.25, 0.3) is 11.4 Å². The van der Waals surface area contributed by atoms with Gasteiger partial charge in [-0.2, -0.15) is 0 Å². The molecular weight excluding hydrogens is 246 g/mol. The van der Waals surface area contributed by atoms with E-state index < -0.39 is 0 Å². The molecule has 7 heteroatoms. The van der Waals surface area contributed by atoms with Crippen LogP contribution in [0.1, 0.15) is 6.42 Å². The van der Waals surface area contributed by atoms with Crippen molar-refractivity contribution in [1.29, 1.82) is 0 Å². The van der Waals surface area contributed by atoms with Crippen molar-refractivity contribution in [2.75, 3.05) is 20.8 Å². The molecule has 0 saturated heterocycles. The minimum Gasteiger partial charge on any atom is -0.493 e. The molecule has 0 aliphatic carbocycles. The number of aromatic nitrogens is 4. The Balaban J connectivity index is 2.44. The molecule has 2 rings (SSSR count). The third-order valence-electron chi connectivity index (χ3n) is 2.75. The SMILES string of the molecule is COc1cccc(-c2nnnn2CCCN)c1OC. The minimum absolute atomic E-state index is 0.592. The van der Waals surface area contributed by atoms with E-state index >= 15 is 0 Å². The van der Waals surface area contributed by atoms with Gasteiger partial charge in [-0.15, -0.1) is 5.10 Å². The highest BCUT2D eigenvalue weighted by Gasteiger charge is 2.16. The van der Waals surface area contributed by atoms with Crippen molar-refractivity contribution in [3.8, 4) is 22.9 Å². The maximum Gasteiger partial charge on any atom is 0.185 e. The quantitative estimate of drug-likeness (QED) is 0.825. The fraction of sp³-hybridized carbons (Fsp3) is 0.417. The zero-order valence-corrected chi connectivity index (χ0v) is 11.0. The van der Waals surface area contributed by atoms with E-state index in [0.29, 0.717) is 30.4 Å². The molecule has 1 heterocycles. The Morgan fingerprint density at radius 1 is 1.26 bits per heavy atom. The lowest BCUT2D eigenvalue weighted by Crippen LogP contribution is -2.09. The molecule has 0 amide bonds. The number of hydrogen-bond acceptors (Lipinski definition) is 6. The molecule has 0 atom stereocenters. The largest absolute Gasteiger partial charge is 0.493 e. The summed E-state index contributed by atoms with van der Waals surface area (Å²) in [5, 5.41) is 11.7. The van der Waals surface area contributed by atoms with Gasteiger partial charge in [-0.3, -0.25) is 0 Å². The van der Waals surface area contributed by atoms with Crippen molar-refractivity contribution in [2.24, 2.45) is 5.73 Å². The Labute approximate surface area is 111 Å². The summed E-state index contributed by atoms with van der Waals surface area (Å²) < 4.78 is 12.4. The zero-order valence-electron chi connectivity index (χ0n) is 11.0. The Morgan fingerprint density at radius 3 is 2.79 bits per heavy atom. The first-order chi connectivity index (χ1) is 9.31. The van der Waals surface area contributed by atoms with E-state index in [9.17, 15) is 0 Å². The number of ether oxygens (including phenoxy) is 2. The summed E-state index contributed by atoms with van der Waals surface area (Å²) in [5.74, 6) is 1.91. The van der Waals surface area contributed by atoms with Gasteiger partial charge in [0.15, 0.2) is 17.3 Å². The van der Waals surface area contributed by atoms with Gasteiger partial charge in [0.25, 0.3) is 0 Å². The van der Waals surface area contributed by atoms with Crippen LogP contribution in [-0.4, -0.2) is 41.0 Å². The summed E-state index contributed by atoms with van der Waals surface area (Å²) in [6.45, 7) is 1.26. The topological polar surface area (TPSA) is 88.1 Å². The number of tetrazole rings is 1. The van der Waals surface area contributed by atoms with Gasteiger partial charge in [0.2, 0.25) is 0 Å². The van der Waals surface area contributed by atoms with Crippen LogP contribution in [0.15, 0.2) is 18.2 Å². The Kier molecular flexibility index (Phi) is 4.30. The third kappa shape index (κ3) is 2.65. The van der Waals surface area contributed by atoms with Crippen LogP contribution >= 0.6 is 0 Å². The average molecular weight is 263 g/mol. The van der Waals surface area contributed by atoms with Crippen LogP contribution < -0.4 is 15.2 Å². The van der Waals surface area contributed by atoms with Crippen molar-refractivity contribution in [2.45, 2.75) is 13.0 Å². The first-order valence-electron chi connectivity index (χ1n) is 5.99. The summed E-state index contributed by atoms with van der Waals surface area (Å²) in [5.41, 5.74) is 6.30. The van der Waals surface area contributed by atoms with Crippen molar-refractivity contribution in [3.05, 3.63) is 18.2 Å². The van der Waals surface area contributed by atoms with Gasteiger partial charge in [0.1, 0.15) is 0 Å². The first-order valence-corrected chi connectivity index (χ1v) is 5.99. The highest BCUT2D eigenvalue weighted by molar-refractivity contribution is 5.68. The summed E-state index contributed by atoms with van der Waals surface area (Å²) in [6, 6.07) is 5.60. The number of rotatable bonds is 6. The van der Waals surface area contributed by atoms with Crippen molar-refractivity contribution >= 4 is 0 Å². The Morgan fingerprint density at radius 2 is 2.11 bits per heavy atom. The lowest BCUT2D eigenvalue weighted by atomic mass is 10.1. The number of aryl methyl sites for hydroxylation is 1. The van der Waals surface area contributed by atoms with Crippen LogP contribution in [0.2, 0.25) is 0 Å². The molecule has 1 aromatic carbocycles. The molecule has 0 radical (unpaired) electrons. The maximum atomic E-state index is 5.51. The Bertz CT molecular complexity index is 541. The van der Waals surface area contributed by atoms with Crippen LogP contribution in [0.4, 0.5) is 0 Å². The molecule has 102 valence electrons. The number of hydrogen-bond donors (Lipinski definition) is 1. The predicted octanol–water partition coefficient (Wildman–Crippen LogP) is 0.706. The molecular formula is C12H17N5O2. The summed E-state index contributed by atoms with van der Waals surface area (Å²) >= 11 is 0. The standard InChI is InChI=1S/C12H17N5O2/c1-18-10-6-3-5-9(11(10)19-2)12-14-15-16-17(12)8-4-7-13/h3,5-6H,4,7-8,13H2,1-2H3. The molecule has 0 bridgehead atoms. The highest BCUT2D eigenvalue weighted by atomic mass is 16.5. The number of benzene rings is 1. The molecule has 0 spiro atoms. The number of para-hydroxylation sites is 1. The highest BCUT2D eigenvalue weighted by Crippen LogP contribution is 2.36. The van der Waals surface area contributed by atoms with E-state index in [1.807, 2.05) is 18.2 Å². The van der Waals surface area contributed by atoms with Gasteiger partial charge >= 0.3 is 0 Å². The molecule has 1 aromatic heterocycles. The van der Waals surface area contributed by atoms with E-state index in [2.05, 4.69) is 15.5 Å². The number of methoxy groups -OCH3 is 2. The van der Waals surface area contributed by atoms with E-state index in [1.54, 1.807) is 18.9 Å². The van der Waals surface area contributed by atoms with Gasteiger partial charge in [0.05, 0.1) is 19.8 Å². The van der Waals surface area contributed by atoms with Crippen LogP contribution in [0.3, 0.4) is 0 Å². The van der Waals surface area contributed by atoms with Crippen molar-refractivity contribution in [3.63, 3.8) is 0 Å². The second-order valence-corrected chi connectivity index (χ2v) is 3.91. The van der Waals surface area contributed by atoms with Gasteiger partial charge in [-0.1, -0.05) is 6.07 Å². The van der Waals surface area contributed by atoms with Crippen LogP contribution in [0.5, 0.6) is 11.5 Å².